The minimum atomic E-state index is -0.959. The number of unbranched alkanes of at least 4 members (excludes halogenated alkanes) is 3. The molecule has 0 rings (SSSR count). The van der Waals surface area contributed by atoms with Crippen LogP contribution in [0.25, 0.3) is 0 Å². The van der Waals surface area contributed by atoms with Crippen molar-refractivity contribution in [1.82, 2.24) is 4.67 Å². The second-order valence-electron chi connectivity index (χ2n) is 5.03. The summed E-state index contributed by atoms with van der Waals surface area (Å²) in [6.07, 6.45) is 3.65. The van der Waals surface area contributed by atoms with Crippen molar-refractivity contribution in [3.63, 3.8) is 0 Å². The van der Waals surface area contributed by atoms with Crippen molar-refractivity contribution in [2.24, 2.45) is 0 Å². The molecule has 0 N–H and O–H groups in total. The minimum Gasteiger partial charge on any atom is -0.322 e. The molecule has 0 aromatic rings. The number of rotatable bonds is 11. The standard InChI is InChI=1S/C14H29N2O2P/c1-6-17-19(16(13(2)3)14(4)5)18-12-10-8-7-9-11-15/h13-14H,6-10,12H2,1-5H3. The van der Waals surface area contributed by atoms with Gasteiger partial charge < -0.3 is 9.05 Å². The summed E-state index contributed by atoms with van der Waals surface area (Å²) in [5, 5.41) is 8.47. The molecule has 0 fully saturated rings. The smallest absolute Gasteiger partial charge is 0.259 e. The van der Waals surface area contributed by atoms with Crippen LogP contribution in [0.4, 0.5) is 0 Å². The summed E-state index contributed by atoms with van der Waals surface area (Å²) in [5.74, 6) is 0. The molecule has 0 saturated carbocycles. The summed E-state index contributed by atoms with van der Waals surface area (Å²) in [7, 11) is -0.959. The number of hydrogen-bond acceptors (Lipinski definition) is 4. The van der Waals surface area contributed by atoms with E-state index in [2.05, 4.69) is 38.4 Å². The first-order chi connectivity index (χ1) is 9.04. The number of hydrogen-bond donors (Lipinski definition) is 0. The van der Waals surface area contributed by atoms with Crippen molar-refractivity contribution in [3.05, 3.63) is 0 Å². The number of nitriles is 1. The van der Waals surface area contributed by atoms with E-state index in [1.807, 2.05) is 6.92 Å². The fraction of sp³-hybridized carbons (Fsp3) is 0.929. The fourth-order valence-corrected chi connectivity index (χ4v) is 3.48. The van der Waals surface area contributed by atoms with Crippen molar-refractivity contribution in [2.45, 2.75) is 72.4 Å². The van der Waals surface area contributed by atoms with E-state index in [0.717, 1.165) is 19.3 Å². The van der Waals surface area contributed by atoms with Gasteiger partial charge in [-0.3, -0.25) is 0 Å². The van der Waals surface area contributed by atoms with E-state index in [4.69, 9.17) is 14.3 Å². The Kier molecular flexibility index (Phi) is 11.5. The largest absolute Gasteiger partial charge is 0.322 e. The lowest BCUT2D eigenvalue weighted by molar-refractivity contribution is 0.177. The molecule has 19 heavy (non-hydrogen) atoms. The highest BCUT2D eigenvalue weighted by Gasteiger charge is 2.26. The zero-order valence-corrected chi connectivity index (χ0v) is 13.9. The predicted octanol–water partition coefficient (Wildman–Crippen LogP) is 4.47. The van der Waals surface area contributed by atoms with Gasteiger partial charge in [0.15, 0.2) is 0 Å². The summed E-state index contributed by atoms with van der Waals surface area (Å²) >= 11 is 0. The average molecular weight is 288 g/mol. The van der Waals surface area contributed by atoms with Crippen LogP contribution in [0.1, 0.15) is 60.3 Å². The third-order valence-corrected chi connectivity index (χ3v) is 4.80. The first-order valence-corrected chi connectivity index (χ1v) is 8.38. The molecule has 0 aromatic heterocycles. The van der Waals surface area contributed by atoms with Gasteiger partial charge in [-0.1, -0.05) is 6.42 Å². The zero-order chi connectivity index (χ0) is 14.7. The molecule has 0 aromatic carbocycles. The van der Waals surface area contributed by atoms with Gasteiger partial charge in [-0.15, -0.1) is 0 Å². The minimum absolute atomic E-state index is 0.413. The van der Waals surface area contributed by atoms with Crippen molar-refractivity contribution in [2.75, 3.05) is 13.2 Å². The Morgan fingerprint density at radius 3 is 2.16 bits per heavy atom. The van der Waals surface area contributed by atoms with Gasteiger partial charge in [-0.2, -0.15) is 5.26 Å². The first kappa shape index (κ1) is 18.8. The summed E-state index contributed by atoms with van der Waals surface area (Å²) in [4.78, 5) is 0. The Bertz CT molecular complexity index is 246. The Morgan fingerprint density at radius 1 is 1.05 bits per heavy atom. The molecule has 5 heteroatoms. The normalized spacial score (nSPS) is 13.2. The third kappa shape index (κ3) is 8.55. The van der Waals surface area contributed by atoms with Crippen molar-refractivity contribution in [3.8, 4) is 6.07 Å². The van der Waals surface area contributed by atoms with E-state index in [-0.39, 0.29) is 0 Å². The molecule has 0 radical (unpaired) electrons. The zero-order valence-electron chi connectivity index (χ0n) is 13.1. The summed E-state index contributed by atoms with van der Waals surface area (Å²) in [5.41, 5.74) is 0. The lowest BCUT2D eigenvalue weighted by Crippen LogP contribution is -2.33. The van der Waals surface area contributed by atoms with Crippen LogP contribution in [0.5, 0.6) is 0 Å². The lowest BCUT2D eigenvalue weighted by Gasteiger charge is -2.35. The van der Waals surface area contributed by atoms with E-state index in [1.165, 1.54) is 0 Å². The molecule has 0 saturated heterocycles. The fourth-order valence-electron chi connectivity index (χ4n) is 1.88. The molecular formula is C14H29N2O2P. The molecule has 0 aliphatic carbocycles. The Hall–Kier alpha value is -0.200. The van der Waals surface area contributed by atoms with E-state index in [1.54, 1.807) is 0 Å². The van der Waals surface area contributed by atoms with E-state index in [9.17, 15) is 0 Å². The predicted molar refractivity (Wildman–Crippen MR) is 80.7 cm³/mol. The SMILES string of the molecule is CCOP(OCCCCCC#N)N(C(C)C)C(C)C. The van der Waals surface area contributed by atoms with Gasteiger partial charge in [0, 0.05) is 18.5 Å². The van der Waals surface area contributed by atoms with Crippen LogP contribution < -0.4 is 0 Å². The second kappa shape index (κ2) is 11.6. The Labute approximate surface area is 120 Å². The molecular weight excluding hydrogens is 259 g/mol. The Morgan fingerprint density at radius 2 is 1.68 bits per heavy atom. The highest BCUT2D eigenvalue weighted by atomic mass is 31.2. The molecule has 0 amide bonds. The van der Waals surface area contributed by atoms with Gasteiger partial charge in [0.05, 0.1) is 19.3 Å². The van der Waals surface area contributed by atoms with Crippen molar-refractivity contribution < 1.29 is 9.05 Å². The number of nitrogens with zero attached hydrogens (tertiary/aromatic N) is 2. The van der Waals surface area contributed by atoms with Gasteiger partial charge in [-0.05, 0) is 47.5 Å². The molecule has 0 spiro atoms. The van der Waals surface area contributed by atoms with Crippen molar-refractivity contribution >= 4 is 8.53 Å². The highest BCUT2D eigenvalue weighted by Crippen LogP contribution is 2.45. The lowest BCUT2D eigenvalue weighted by atomic mass is 10.2. The molecule has 1 unspecified atom stereocenters. The summed E-state index contributed by atoms with van der Waals surface area (Å²) in [6.45, 7) is 12.1. The summed E-state index contributed by atoms with van der Waals surface area (Å²) in [6, 6.07) is 2.99. The quantitative estimate of drug-likeness (QED) is 0.415. The van der Waals surface area contributed by atoms with Gasteiger partial charge in [0.2, 0.25) is 0 Å². The molecule has 112 valence electrons. The van der Waals surface area contributed by atoms with Crippen LogP contribution in [-0.4, -0.2) is 30.0 Å². The molecule has 0 heterocycles. The molecule has 0 bridgehead atoms. The van der Waals surface area contributed by atoms with Gasteiger partial charge in [0.25, 0.3) is 8.53 Å². The van der Waals surface area contributed by atoms with Crippen LogP contribution in [-0.2, 0) is 9.05 Å². The maximum atomic E-state index is 8.47. The van der Waals surface area contributed by atoms with Gasteiger partial charge in [0.1, 0.15) is 0 Å². The van der Waals surface area contributed by atoms with Crippen LogP contribution >= 0.6 is 8.53 Å². The molecule has 0 aliphatic heterocycles. The molecule has 4 nitrogen and oxygen atoms in total. The van der Waals surface area contributed by atoms with Gasteiger partial charge >= 0.3 is 0 Å². The summed E-state index contributed by atoms with van der Waals surface area (Å²) < 4.78 is 14.0. The third-order valence-electron chi connectivity index (χ3n) is 2.62. The van der Waals surface area contributed by atoms with Crippen LogP contribution in [0.15, 0.2) is 0 Å². The van der Waals surface area contributed by atoms with Crippen LogP contribution in [0.2, 0.25) is 0 Å². The second-order valence-corrected chi connectivity index (χ2v) is 6.48. The molecule has 1 atom stereocenters. The van der Waals surface area contributed by atoms with Crippen molar-refractivity contribution in [1.29, 1.82) is 5.26 Å². The molecule has 0 aliphatic rings. The van der Waals surface area contributed by atoms with E-state index < -0.39 is 8.53 Å². The maximum absolute atomic E-state index is 8.47. The Balaban J connectivity index is 4.13. The van der Waals surface area contributed by atoms with Crippen LogP contribution in [0.3, 0.4) is 0 Å². The maximum Gasteiger partial charge on any atom is 0.259 e. The first-order valence-electron chi connectivity index (χ1n) is 7.25. The van der Waals surface area contributed by atoms with E-state index >= 15 is 0 Å². The van der Waals surface area contributed by atoms with Gasteiger partial charge in [-0.25, -0.2) is 4.67 Å². The average Bonchev–Trinajstić information content (AvgIpc) is 2.32. The monoisotopic (exact) mass is 288 g/mol. The van der Waals surface area contributed by atoms with E-state index in [0.29, 0.717) is 31.7 Å². The van der Waals surface area contributed by atoms with Crippen LogP contribution in [0, 0.1) is 11.3 Å². The highest BCUT2D eigenvalue weighted by molar-refractivity contribution is 7.44. The topological polar surface area (TPSA) is 45.5 Å².